The lowest BCUT2D eigenvalue weighted by atomic mass is 10.0. The van der Waals surface area contributed by atoms with Crippen LogP contribution < -0.4 is 0 Å². The van der Waals surface area contributed by atoms with Crippen LogP contribution in [0.1, 0.15) is 6.42 Å². The Morgan fingerprint density at radius 1 is 0.800 bits per heavy atom. The molecule has 0 amide bonds. The largest absolute Gasteiger partial charge is 0.314 e. The van der Waals surface area contributed by atoms with Gasteiger partial charge < -0.3 is 24.3 Å². The van der Waals surface area contributed by atoms with Crippen LogP contribution in [0.5, 0.6) is 0 Å². The van der Waals surface area contributed by atoms with Crippen molar-refractivity contribution in [2.24, 2.45) is 0 Å². The van der Waals surface area contributed by atoms with E-state index < -0.39 is 51.7 Å². The molecule has 0 fully saturated rings. The molecule has 25 heavy (non-hydrogen) atoms. The smallest absolute Gasteiger partial charge is 0.294 e. The highest BCUT2D eigenvalue weighted by Crippen LogP contribution is 2.17. The van der Waals surface area contributed by atoms with E-state index in [0.717, 1.165) is 0 Å². The average Bonchev–Trinajstić information content (AvgIpc) is 2.41. The minimum absolute atomic E-state index is 0.312. The normalized spacial score (nSPS) is 14.0. The fourth-order valence-electron chi connectivity index (χ4n) is 1.77. The van der Waals surface area contributed by atoms with E-state index in [0.29, 0.717) is 0 Å². The van der Waals surface area contributed by atoms with Gasteiger partial charge in [0.2, 0.25) is 0 Å². The van der Waals surface area contributed by atoms with Gasteiger partial charge in [0.05, 0.1) is 6.61 Å². The van der Waals surface area contributed by atoms with Gasteiger partial charge in [0.15, 0.2) is 6.10 Å². The minimum atomic E-state index is -1.94. The van der Waals surface area contributed by atoms with Gasteiger partial charge in [-0.15, -0.1) is 40.5 Å². The number of hydrogen-bond acceptors (Lipinski definition) is 13. The molecule has 0 saturated carbocycles. The lowest BCUT2D eigenvalue weighted by molar-refractivity contribution is -0.817. The number of likely N-dealkylation sites (N-methyl/N-ethyl adjacent to an activating group) is 1. The number of nitrogens with zero attached hydrogens (tertiary/aromatic N) is 5. The summed E-state index contributed by atoms with van der Waals surface area (Å²) in [7, 11) is 2.89. The summed E-state index contributed by atoms with van der Waals surface area (Å²) in [6, 6.07) is 0. The molecule has 17 nitrogen and oxygen atoms in total. The summed E-state index contributed by atoms with van der Waals surface area (Å²) >= 11 is 0. The molecule has 0 spiro atoms. The average molecular weight is 373 g/mol. The molecule has 0 aliphatic heterocycles. The summed E-state index contributed by atoms with van der Waals surface area (Å²) in [5.74, 6) is 0. The molecule has 3 unspecified atom stereocenters. The van der Waals surface area contributed by atoms with E-state index in [2.05, 4.69) is 19.4 Å². The van der Waals surface area contributed by atoms with Gasteiger partial charge in [0.1, 0.15) is 12.2 Å². The maximum Gasteiger partial charge on any atom is 0.294 e. The minimum Gasteiger partial charge on any atom is -0.314 e. The van der Waals surface area contributed by atoms with Gasteiger partial charge in [-0.1, -0.05) is 0 Å². The number of hydrogen-bond donors (Lipinski definition) is 0. The lowest BCUT2D eigenvalue weighted by Crippen LogP contribution is -2.49. The molecular weight excluding hydrogens is 358 g/mol. The van der Waals surface area contributed by atoms with Gasteiger partial charge in [-0.25, -0.2) is 0 Å². The molecule has 3 atom stereocenters. The molecule has 17 heteroatoms. The first-order chi connectivity index (χ1) is 11.5. The standard InChI is InChI=1S/C8H15N5O12/c1-9(2)5-7(24-12(18)19)8(25-13(20)21)6(23-11(16)17)3-4-22-10(14)15/h6-8H,3-5H2,1-2H3. The molecule has 0 aliphatic rings. The molecule has 0 saturated heterocycles. The maximum atomic E-state index is 10.6. The molecule has 0 bridgehead atoms. The summed E-state index contributed by atoms with van der Waals surface area (Å²) < 4.78 is 0. The van der Waals surface area contributed by atoms with Crippen LogP contribution in [0, 0.1) is 40.5 Å². The van der Waals surface area contributed by atoms with Crippen LogP contribution in [0.25, 0.3) is 0 Å². The van der Waals surface area contributed by atoms with Crippen molar-refractivity contribution in [2.75, 3.05) is 27.2 Å². The second-order valence-corrected chi connectivity index (χ2v) is 4.64. The van der Waals surface area contributed by atoms with E-state index >= 15 is 0 Å². The Balaban J connectivity index is 5.47. The lowest BCUT2D eigenvalue weighted by Gasteiger charge is -2.30. The maximum absolute atomic E-state index is 10.6. The second kappa shape index (κ2) is 10.5. The van der Waals surface area contributed by atoms with Gasteiger partial charge in [0.25, 0.3) is 20.3 Å². The quantitative estimate of drug-likeness (QED) is 0.261. The third-order valence-electron chi connectivity index (χ3n) is 2.53. The molecule has 0 N–H and O–H groups in total. The zero-order valence-electron chi connectivity index (χ0n) is 13.0. The summed E-state index contributed by atoms with van der Waals surface area (Å²) in [6.45, 7) is -1.05. The van der Waals surface area contributed by atoms with Crippen molar-refractivity contribution >= 4 is 0 Å². The van der Waals surface area contributed by atoms with Crippen LogP contribution in [0.15, 0.2) is 0 Å². The van der Waals surface area contributed by atoms with Crippen molar-refractivity contribution in [3.8, 4) is 0 Å². The monoisotopic (exact) mass is 373 g/mol. The van der Waals surface area contributed by atoms with Gasteiger partial charge >= 0.3 is 0 Å². The molecular formula is C8H15N5O12. The molecule has 0 heterocycles. The predicted octanol–water partition coefficient (Wildman–Crippen LogP) is -1.12. The van der Waals surface area contributed by atoms with Crippen LogP contribution in [-0.2, 0) is 19.4 Å². The molecule has 0 aromatic heterocycles. The second-order valence-electron chi connectivity index (χ2n) is 4.64. The van der Waals surface area contributed by atoms with Gasteiger partial charge in [0, 0.05) is 6.54 Å². The van der Waals surface area contributed by atoms with E-state index in [9.17, 15) is 40.5 Å². The summed E-state index contributed by atoms with van der Waals surface area (Å²) in [5, 5.41) is 36.8. The van der Waals surface area contributed by atoms with E-state index in [1.807, 2.05) is 0 Å². The van der Waals surface area contributed by atoms with Crippen molar-refractivity contribution in [1.29, 1.82) is 0 Å². The first-order valence-electron chi connectivity index (χ1n) is 6.38. The predicted molar refractivity (Wildman–Crippen MR) is 71.7 cm³/mol. The van der Waals surface area contributed by atoms with Crippen LogP contribution in [0.4, 0.5) is 0 Å². The Kier molecular flexibility index (Phi) is 9.16. The van der Waals surface area contributed by atoms with E-state index in [4.69, 9.17) is 0 Å². The third kappa shape index (κ3) is 10.2. The van der Waals surface area contributed by atoms with Gasteiger partial charge in [-0.2, -0.15) is 0 Å². The number of rotatable bonds is 14. The first-order valence-corrected chi connectivity index (χ1v) is 6.38. The van der Waals surface area contributed by atoms with Crippen molar-refractivity contribution in [3.63, 3.8) is 0 Å². The Morgan fingerprint density at radius 2 is 1.28 bits per heavy atom. The molecule has 0 aromatic rings. The third-order valence-corrected chi connectivity index (χ3v) is 2.53. The zero-order valence-corrected chi connectivity index (χ0v) is 13.0. The van der Waals surface area contributed by atoms with Gasteiger partial charge in [-0.3, -0.25) is 0 Å². The zero-order chi connectivity index (χ0) is 19.6. The molecule has 0 rings (SSSR count). The van der Waals surface area contributed by atoms with Crippen molar-refractivity contribution in [2.45, 2.75) is 24.7 Å². The van der Waals surface area contributed by atoms with Crippen molar-refractivity contribution in [1.82, 2.24) is 4.90 Å². The molecule has 0 radical (unpaired) electrons. The van der Waals surface area contributed by atoms with Crippen LogP contribution in [0.3, 0.4) is 0 Å². The Labute approximate surface area is 138 Å². The summed E-state index contributed by atoms with van der Waals surface area (Å²) in [4.78, 5) is 59.9. The SMILES string of the molecule is CN(C)CC(O[N+](=O)[O-])C(O[N+](=O)[O-])C(CCO[N+](=O)[O-])O[N+](=O)[O-]. The highest BCUT2D eigenvalue weighted by atomic mass is 17.0. The Bertz CT molecular complexity index is 486. The van der Waals surface area contributed by atoms with Crippen LogP contribution in [0.2, 0.25) is 0 Å². The molecule has 144 valence electrons. The molecule has 0 aliphatic carbocycles. The topological polar surface area (TPSA) is 213 Å². The highest BCUT2D eigenvalue weighted by Gasteiger charge is 2.38. The Hall–Kier alpha value is -3.24. The summed E-state index contributed by atoms with van der Waals surface area (Å²) in [5.41, 5.74) is 0. The fourth-order valence-corrected chi connectivity index (χ4v) is 1.77. The van der Waals surface area contributed by atoms with Crippen LogP contribution in [-0.4, -0.2) is 70.8 Å². The summed E-state index contributed by atoms with van der Waals surface area (Å²) in [6.07, 6.45) is -6.05. The van der Waals surface area contributed by atoms with Crippen molar-refractivity contribution in [3.05, 3.63) is 40.5 Å². The van der Waals surface area contributed by atoms with E-state index in [-0.39, 0.29) is 6.54 Å². The molecule has 0 aromatic carbocycles. The van der Waals surface area contributed by atoms with E-state index in [1.54, 1.807) is 0 Å². The van der Waals surface area contributed by atoms with E-state index in [1.165, 1.54) is 19.0 Å². The van der Waals surface area contributed by atoms with Crippen molar-refractivity contribution < 1.29 is 39.7 Å². The fraction of sp³-hybridized carbons (Fsp3) is 1.00. The van der Waals surface area contributed by atoms with Gasteiger partial charge in [-0.05, 0) is 20.5 Å². The first kappa shape index (κ1) is 21.8. The van der Waals surface area contributed by atoms with Crippen LogP contribution >= 0.6 is 0 Å². The Morgan fingerprint density at radius 3 is 1.68 bits per heavy atom. The highest BCUT2D eigenvalue weighted by molar-refractivity contribution is 4.79.